The van der Waals surface area contributed by atoms with E-state index in [2.05, 4.69) is 46.6 Å². The van der Waals surface area contributed by atoms with Crippen LogP contribution in [0.4, 0.5) is 5.69 Å². The van der Waals surface area contributed by atoms with E-state index in [1.807, 2.05) is 55.5 Å². The second kappa shape index (κ2) is 10.3. The largest absolute Gasteiger partial charge is 0.497 e. The molecule has 0 saturated carbocycles. The minimum absolute atomic E-state index is 0.0932. The van der Waals surface area contributed by atoms with Crippen LogP contribution >= 0.6 is 0 Å². The van der Waals surface area contributed by atoms with E-state index in [0.717, 1.165) is 43.1 Å². The number of nitrogens with zero attached hydrogens (tertiary/aromatic N) is 1. The van der Waals surface area contributed by atoms with Crippen molar-refractivity contribution in [2.75, 3.05) is 38.2 Å². The van der Waals surface area contributed by atoms with Gasteiger partial charge < -0.3 is 19.9 Å². The van der Waals surface area contributed by atoms with Gasteiger partial charge in [-0.05, 0) is 42.3 Å². The fraction of sp³-hybridized carbons (Fsp3) is 0.296. The van der Waals surface area contributed by atoms with E-state index in [-0.39, 0.29) is 18.0 Å². The molecular formula is C27H32N3O2+. The molecule has 4 rings (SSSR count). The first-order chi connectivity index (χ1) is 15.7. The highest BCUT2D eigenvalue weighted by Gasteiger charge is 2.31. The van der Waals surface area contributed by atoms with Gasteiger partial charge in [0.1, 0.15) is 5.75 Å². The van der Waals surface area contributed by atoms with Crippen molar-refractivity contribution in [2.24, 2.45) is 0 Å². The van der Waals surface area contributed by atoms with Crippen molar-refractivity contribution in [3.8, 4) is 5.75 Å². The van der Waals surface area contributed by atoms with Crippen LogP contribution in [0.5, 0.6) is 5.75 Å². The Hall–Kier alpha value is -3.31. The van der Waals surface area contributed by atoms with E-state index < -0.39 is 0 Å². The minimum Gasteiger partial charge on any atom is -0.497 e. The third kappa shape index (κ3) is 5.11. The van der Waals surface area contributed by atoms with Crippen molar-refractivity contribution in [3.63, 3.8) is 0 Å². The highest BCUT2D eigenvalue weighted by molar-refractivity contribution is 5.81. The van der Waals surface area contributed by atoms with Gasteiger partial charge in [0.15, 0.2) is 6.04 Å². The first-order valence-electron chi connectivity index (χ1n) is 11.3. The SMILES string of the molecule is COc1ccc(N2CC[NH+]([C@H](C)C(=O)NC(c3ccccc3)c3ccccc3)CC2)cc1. The van der Waals surface area contributed by atoms with Crippen LogP contribution in [-0.4, -0.2) is 45.2 Å². The fourth-order valence-electron chi connectivity index (χ4n) is 4.38. The number of benzene rings is 3. The number of ether oxygens (including phenoxy) is 1. The molecule has 1 amide bonds. The number of amides is 1. The van der Waals surface area contributed by atoms with Gasteiger partial charge in [0.05, 0.1) is 39.3 Å². The van der Waals surface area contributed by atoms with E-state index in [4.69, 9.17) is 4.74 Å². The highest BCUT2D eigenvalue weighted by Crippen LogP contribution is 2.22. The molecule has 1 fully saturated rings. The van der Waals surface area contributed by atoms with Crippen molar-refractivity contribution in [3.05, 3.63) is 96.1 Å². The lowest BCUT2D eigenvalue weighted by Gasteiger charge is -2.36. The van der Waals surface area contributed by atoms with Crippen molar-refractivity contribution >= 4 is 11.6 Å². The molecule has 0 spiro atoms. The normalized spacial score (nSPS) is 15.4. The van der Waals surface area contributed by atoms with Crippen LogP contribution in [0.3, 0.4) is 0 Å². The molecule has 1 atom stereocenters. The van der Waals surface area contributed by atoms with Crippen molar-refractivity contribution in [1.82, 2.24) is 5.32 Å². The molecule has 0 aromatic heterocycles. The average molecular weight is 431 g/mol. The summed E-state index contributed by atoms with van der Waals surface area (Å²) in [5.74, 6) is 0.963. The van der Waals surface area contributed by atoms with Gasteiger partial charge in [-0.1, -0.05) is 60.7 Å². The maximum atomic E-state index is 13.3. The Balaban J connectivity index is 1.39. The molecule has 32 heavy (non-hydrogen) atoms. The third-order valence-electron chi connectivity index (χ3n) is 6.40. The zero-order valence-corrected chi connectivity index (χ0v) is 18.8. The quantitative estimate of drug-likeness (QED) is 0.606. The molecule has 1 saturated heterocycles. The van der Waals surface area contributed by atoms with Crippen LogP contribution in [0.1, 0.15) is 24.1 Å². The average Bonchev–Trinajstić information content (AvgIpc) is 2.88. The van der Waals surface area contributed by atoms with E-state index in [1.54, 1.807) is 7.11 Å². The Morgan fingerprint density at radius 1 is 0.875 bits per heavy atom. The van der Waals surface area contributed by atoms with Gasteiger partial charge in [-0.15, -0.1) is 0 Å². The maximum absolute atomic E-state index is 13.3. The van der Waals surface area contributed by atoms with E-state index in [1.165, 1.54) is 10.6 Å². The van der Waals surface area contributed by atoms with Crippen LogP contribution < -0.4 is 19.9 Å². The number of nitrogens with one attached hydrogen (secondary N) is 2. The van der Waals surface area contributed by atoms with Gasteiger partial charge in [-0.25, -0.2) is 0 Å². The lowest BCUT2D eigenvalue weighted by Crippen LogP contribution is -3.19. The Labute approximate surface area is 190 Å². The predicted octanol–water partition coefficient (Wildman–Crippen LogP) is 2.69. The zero-order chi connectivity index (χ0) is 22.3. The number of piperazine rings is 1. The summed E-state index contributed by atoms with van der Waals surface area (Å²) in [7, 11) is 1.68. The summed E-state index contributed by atoms with van der Waals surface area (Å²) in [6.07, 6.45) is 0. The van der Waals surface area contributed by atoms with Crippen molar-refractivity contribution in [1.29, 1.82) is 0 Å². The van der Waals surface area contributed by atoms with Crippen LogP contribution in [-0.2, 0) is 4.79 Å². The smallest absolute Gasteiger partial charge is 0.278 e. The summed E-state index contributed by atoms with van der Waals surface area (Å²) in [5, 5.41) is 3.31. The first-order valence-corrected chi connectivity index (χ1v) is 11.3. The summed E-state index contributed by atoms with van der Waals surface area (Å²) in [6.45, 7) is 5.77. The molecule has 0 radical (unpaired) electrons. The molecule has 2 N–H and O–H groups in total. The summed E-state index contributed by atoms with van der Waals surface area (Å²) in [4.78, 5) is 17.0. The summed E-state index contributed by atoms with van der Waals surface area (Å²) < 4.78 is 5.26. The Morgan fingerprint density at radius 2 is 1.41 bits per heavy atom. The molecule has 0 bridgehead atoms. The molecule has 5 nitrogen and oxygen atoms in total. The first kappa shape index (κ1) is 21.9. The number of hydrogen-bond donors (Lipinski definition) is 2. The molecule has 3 aromatic rings. The van der Waals surface area contributed by atoms with Gasteiger partial charge in [0.25, 0.3) is 5.91 Å². The van der Waals surface area contributed by atoms with Crippen LogP contribution in [0, 0.1) is 0 Å². The van der Waals surface area contributed by atoms with Crippen LogP contribution in [0.2, 0.25) is 0 Å². The number of methoxy groups -OCH3 is 1. The number of rotatable bonds is 7. The number of carbonyl (C=O) groups excluding carboxylic acids is 1. The van der Waals surface area contributed by atoms with Crippen molar-refractivity contribution < 1.29 is 14.4 Å². The van der Waals surface area contributed by atoms with Crippen LogP contribution in [0.15, 0.2) is 84.9 Å². The maximum Gasteiger partial charge on any atom is 0.278 e. The van der Waals surface area contributed by atoms with E-state index in [9.17, 15) is 4.79 Å². The Kier molecular flexibility index (Phi) is 7.07. The van der Waals surface area contributed by atoms with Gasteiger partial charge in [0, 0.05) is 5.69 Å². The molecule has 1 aliphatic rings. The minimum atomic E-state index is -0.146. The standard InChI is InChI=1S/C27H31N3O2/c1-21(29-17-19-30(20-18-29)24-13-15-25(32-2)16-14-24)27(31)28-26(22-9-5-3-6-10-22)23-11-7-4-8-12-23/h3-16,21,26H,17-20H2,1-2H3,(H,28,31)/p+1/t21-/m1/s1. The Bertz CT molecular complexity index is 945. The second-order valence-corrected chi connectivity index (χ2v) is 8.33. The fourth-order valence-corrected chi connectivity index (χ4v) is 4.38. The molecule has 166 valence electrons. The highest BCUT2D eigenvalue weighted by atomic mass is 16.5. The summed E-state index contributed by atoms with van der Waals surface area (Å²) >= 11 is 0. The summed E-state index contributed by atoms with van der Waals surface area (Å²) in [6, 6.07) is 28.3. The number of hydrogen-bond acceptors (Lipinski definition) is 3. The van der Waals surface area contributed by atoms with Gasteiger partial charge in [-0.3, -0.25) is 4.79 Å². The lowest BCUT2D eigenvalue weighted by atomic mass is 9.98. The van der Waals surface area contributed by atoms with Gasteiger partial charge >= 0.3 is 0 Å². The molecular weight excluding hydrogens is 398 g/mol. The molecule has 0 aliphatic carbocycles. The van der Waals surface area contributed by atoms with E-state index in [0.29, 0.717) is 0 Å². The monoisotopic (exact) mass is 430 g/mol. The van der Waals surface area contributed by atoms with Gasteiger partial charge in [0.2, 0.25) is 0 Å². The topological polar surface area (TPSA) is 46.0 Å². The van der Waals surface area contributed by atoms with Crippen molar-refractivity contribution in [2.45, 2.75) is 19.0 Å². The second-order valence-electron chi connectivity index (χ2n) is 8.33. The lowest BCUT2D eigenvalue weighted by molar-refractivity contribution is -0.914. The van der Waals surface area contributed by atoms with E-state index >= 15 is 0 Å². The Morgan fingerprint density at radius 3 is 1.91 bits per heavy atom. The molecule has 0 unspecified atom stereocenters. The molecule has 1 heterocycles. The number of anilines is 1. The summed E-state index contributed by atoms with van der Waals surface area (Å²) in [5.41, 5.74) is 3.40. The number of carbonyl (C=O) groups is 1. The predicted molar refractivity (Wildman–Crippen MR) is 128 cm³/mol. The van der Waals surface area contributed by atoms with Gasteiger partial charge in [-0.2, -0.15) is 0 Å². The number of quaternary nitrogens is 1. The molecule has 3 aromatic carbocycles. The molecule has 1 aliphatic heterocycles. The third-order valence-corrected chi connectivity index (χ3v) is 6.40. The molecule has 5 heteroatoms. The zero-order valence-electron chi connectivity index (χ0n) is 18.8. The van der Waals surface area contributed by atoms with Crippen LogP contribution in [0.25, 0.3) is 0 Å².